The van der Waals surface area contributed by atoms with E-state index in [-0.39, 0.29) is 6.04 Å². The van der Waals surface area contributed by atoms with Crippen molar-refractivity contribution in [2.24, 2.45) is 0 Å². The first-order valence-corrected chi connectivity index (χ1v) is 8.68. The molecule has 0 saturated carbocycles. The maximum atomic E-state index is 12.2. The monoisotopic (exact) mass is 311 g/mol. The van der Waals surface area contributed by atoms with Gasteiger partial charge in [0, 0.05) is 6.04 Å². The lowest BCUT2D eigenvalue weighted by Gasteiger charge is -2.15. The van der Waals surface area contributed by atoms with Gasteiger partial charge in [-0.3, -0.25) is 0 Å². The van der Waals surface area contributed by atoms with Gasteiger partial charge in [-0.25, -0.2) is 13.1 Å². The summed E-state index contributed by atoms with van der Waals surface area (Å²) in [4.78, 5) is 0. The Morgan fingerprint density at radius 2 is 2.10 bits per heavy atom. The molecule has 6 heteroatoms. The van der Waals surface area contributed by atoms with Gasteiger partial charge in [-0.1, -0.05) is 18.2 Å². The van der Waals surface area contributed by atoms with Crippen LogP contribution in [0.1, 0.15) is 25.5 Å². The molecule has 0 saturated heterocycles. The molecular formula is C14H17NO3S2. The number of benzene rings is 1. The van der Waals surface area contributed by atoms with E-state index in [2.05, 4.69) is 4.72 Å². The zero-order valence-electron chi connectivity index (χ0n) is 11.4. The Bertz CT molecular complexity index is 651. The van der Waals surface area contributed by atoms with Gasteiger partial charge in [-0.15, -0.1) is 11.3 Å². The standard InChI is InChI=1S/C14H17NO3S2/c1-3-18-13-7-4-6-12(10-13)11(2)15-20(16,17)14-8-5-9-19-14/h4-11,15H,3H2,1-2H3. The first-order valence-electron chi connectivity index (χ1n) is 6.31. The van der Waals surface area contributed by atoms with E-state index in [1.807, 2.05) is 38.1 Å². The third kappa shape index (κ3) is 3.59. The summed E-state index contributed by atoms with van der Waals surface area (Å²) in [6, 6.07) is 10.4. The maximum absolute atomic E-state index is 12.2. The summed E-state index contributed by atoms with van der Waals surface area (Å²) in [5.74, 6) is 0.743. The van der Waals surface area contributed by atoms with Crippen molar-refractivity contribution in [3.63, 3.8) is 0 Å². The fourth-order valence-corrected chi connectivity index (χ4v) is 4.06. The Balaban J connectivity index is 2.16. The van der Waals surface area contributed by atoms with E-state index < -0.39 is 10.0 Å². The van der Waals surface area contributed by atoms with Crippen LogP contribution in [0, 0.1) is 0 Å². The van der Waals surface area contributed by atoms with Crippen LogP contribution in [0.2, 0.25) is 0 Å². The molecule has 1 unspecified atom stereocenters. The third-order valence-corrected chi connectivity index (χ3v) is 5.70. The van der Waals surface area contributed by atoms with Gasteiger partial charge in [-0.05, 0) is 43.0 Å². The second-order valence-electron chi connectivity index (χ2n) is 4.28. The molecule has 0 aliphatic heterocycles. The molecular weight excluding hydrogens is 294 g/mol. The summed E-state index contributed by atoms with van der Waals surface area (Å²) in [6.07, 6.45) is 0. The lowest BCUT2D eigenvalue weighted by molar-refractivity contribution is 0.339. The molecule has 0 aliphatic carbocycles. The summed E-state index contributed by atoms with van der Waals surface area (Å²) >= 11 is 1.20. The van der Waals surface area contributed by atoms with Crippen LogP contribution in [0.25, 0.3) is 0 Å². The van der Waals surface area contributed by atoms with Gasteiger partial charge < -0.3 is 4.74 Å². The Hall–Kier alpha value is -1.37. The molecule has 108 valence electrons. The normalized spacial score (nSPS) is 13.1. The highest BCUT2D eigenvalue weighted by atomic mass is 32.2. The summed E-state index contributed by atoms with van der Waals surface area (Å²) in [5, 5.41) is 1.74. The van der Waals surface area contributed by atoms with Crippen LogP contribution in [0.4, 0.5) is 0 Å². The largest absolute Gasteiger partial charge is 0.494 e. The van der Waals surface area contributed by atoms with Crippen LogP contribution < -0.4 is 9.46 Å². The second-order valence-corrected chi connectivity index (χ2v) is 7.17. The Morgan fingerprint density at radius 1 is 1.30 bits per heavy atom. The highest BCUT2D eigenvalue weighted by Gasteiger charge is 2.19. The smallest absolute Gasteiger partial charge is 0.250 e. The van der Waals surface area contributed by atoms with E-state index >= 15 is 0 Å². The minimum absolute atomic E-state index is 0.317. The van der Waals surface area contributed by atoms with Crippen molar-refractivity contribution in [2.75, 3.05) is 6.61 Å². The minimum Gasteiger partial charge on any atom is -0.494 e. The number of thiophene rings is 1. The summed E-state index contributed by atoms with van der Waals surface area (Å²) in [5.41, 5.74) is 0.871. The molecule has 0 fully saturated rings. The van der Waals surface area contributed by atoms with E-state index in [0.29, 0.717) is 10.8 Å². The molecule has 0 amide bonds. The van der Waals surface area contributed by atoms with Gasteiger partial charge in [0.2, 0.25) is 0 Å². The average Bonchev–Trinajstić information content (AvgIpc) is 2.93. The van der Waals surface area contributed by atoms with Crippen molar-refractivity contribution in [1.29, 1.82) is 0 Å². The van der Waals surface area contributed by atoms with E-state index in [1.165, 1.54) is 11.3 Å². The molecule has 20 heavy (non-hydrogen) atoms. The molecule has 0 aliphatic rings. The van der Waals surface area contributed by atoms with Gasteiger partial charge in [0.15, 0.2) is 0 Å². The lowest BCUT2D eigenvalue weighted by Crippen LogP contribution is -2.26. The molecule has 1 aromatic heterocycles. The molecule has 2 rings (SSSR count). The number of rotatable bonds is 6. The van der Waals surface area contributed by atoms with Gasteiger partial charge >= 0.3 is 0 Å². The van der Waals surface area contributed by atoms with E-state index in [1.54, 1.807) is 17.5 Å². The zero-order chi connectivity index (χ0) is 14.6. The molecule has 0 bridgehead atoms. The molecule has 2 aromatic rings. The van der Waals surface area contributed by atoms with E-state index in [0.717, 1.165) is 11.3 Å². The van der Waals surface area contributed by atoms with Crippen molar-refractivity contribution >= 4 is 21.4 Å². The highest BCUT2D eigenvalue weighted by molar-refractivity contribution is 7.91. The minimum atomic E-state index is -3.46. The van der Waals surface area contributed by atoms with Crippen molar-refractivity contribution < 1.29 is 13.2 Å². The van der Waals surface area contributed by atoms with Gasteiger partial charge in [0.05, 0.1) is 6.61 Å². The molecule has 1 atom stereocenters. The predicted octanol–water partition coefficient (Wildman–Crippen LogP) is 3.19. The van der Waals surface area contributed by atoms with Crippen LogP contribution in [-0.2, 0) is 10.0 Å². The van der Waals surface area contributed by atoms with Gasteiger partial charge in [-0.2, -0.15) is 0 Å². The SMILES string of the molecule is CCOc1cccc(C(C)NS(=O)(=O)c2cccs2)c1. The topological polar surface area (TPSA) is 55.4 Å². The molecule has 0 spiro atoms. The number of ether oxygens (including phenoxy) is 1. The number of hydrogen-bond acceptors (Lipinski definition) is 4. The van der Waals surface area contributed by atoms with E-state index in [4.69, 9.17) is 4.74 Å². The Morgan fingerprint density at radius 3 is 2.75 bits per heavy atom. The quantitative estimate of drug-likeness (QED) is 0.891. The van der Waals surface area contributed by atoms with Crippen LogP contribution >= 0.6 is 11.3 Å². The number of sulfonamides is 1. The van der Waals surface area contributed by atoms with Gasteiger partial charge in [0.1, 0.15) is 9.96 Å². The first-order chi connectivity index (χ1) is 9.53. The van der Waals surface area contributed by atoms with Crippen molar-refractivity contribution in [1.82, 2.24) is 4.72 Å². The third-order valence-electron chi connectivity index (χ3n) is 2.76. The fraction of sp³-hybridized carbons (Fsp3) is 0.286. The van der Waals surface area contributed by atoms with Gasteiger partial charge in [0.25, 0.3) is 10.0 Å². The van der Waals surface area contributed by atoms with Crippen LogP contribution in [0.3, 0.4) is 0 Å². The van der Waals surface area contributed by atoms with Crippen molar-refractivity contribution in [2.45, 2.75) is 24.1 Å². The average molecular weight is 311 g/mol. The zero-order valence-corrected chi connectivity index (χ0v) is 13.0. The maximum Gasteiger partial charge on any atom is 0.250 e. The number of nitrogens with one attached hydrogen (secondary N) is 1. The molecule has 4 nitrogen and oxygen atoms in total. The lowest BCUT2D eigenvalue weighted by atomic mass is 10.1. The Labute approximate surface area is 123 Å². The van der Waals surface area contributed by atoms with E-state index in [9.17, 15) is 8.42 Å². The van der Waals surface area contributed by atoms with Crippen molar-refractivity contribution in [3.8, 4) is 5.75 Å². The summed E-state index contributed by atoms with van der Waals surface area (Å²) in [6.45, 7) is 4.31. The molecule has 1 heterocycles. The summed E-state index contributed by atoms with van der Waals surface area (Å²) < 4.78 is 32.7. The highest BCUT2D eigenvalue weighted by Crippen LogP contribution is 2.22. The van der Waals surface area contributed by atoms with Crippen molar-refractivity contribution in [3.05, 3.63) is 47.3 Å². The Kier molecular flexibility index (Phi) is 4.80. The summed E-state index contributed by atoms with van der Waals surface area (Å²) in [7, 11) is -3.46. The molecule has 1 N–H and O–H groups in total. The second kappa shape index (κ2) is 6.39. The van der Waals surface area contributed by atoms with Crippen LogP contribution in [0.5, 0.6) is 5.75 Å². The van der Waals surface area contributed by atoms with Crippen LogP contribution in [-0.4, -0.2) is 15.0 Å². The predicted molar refractivity (Wildman–Crippen MR) is 80.7 cm³/mol. The molecule has 0 radical (unpaired) electrons. The molecule has 1 aromatic carbocycles. The number of hydrogen-bond donors (Lipinski definition) is 1. The first kappa shape index (κ1) is 15.0. The van der Waals surface area contributed by atoms with Crippen LogP contribution in [0.15, 0.2) is 46.0 Å². The fourth-order valence-electron chi connectivity index (χ4n) is 1.82.